The molecule has 0 saturated heterocycles. The zero-order valence-corrected chi connectivity index (χ0v) is 17.7. The van der Waals surface area contributed by atoms with Crippen molar-refractivity contribution in [3.8, 4) is 17.1 Å². The summed E-state index contributed by atoms with van der Waals surface area (Å²) < 4.78 is 7.19. The van der Waals surface area contributed by atoms with Crippen molar-refractivity contribution in [1.29, 1.82) is 0 Å². The topological polar surface area (TPSA) is 109 Å². The van der Waals surface area contributed by atoms with Crippen molar-refractivity contribution in [2.75, 3.05) is 0 Å². The molecule has 9 heteroatoms. The third-order valence-corrected chi connectivity index (χ3v) is 5.43. The van der Waals surface area contributed by atoms with Crippen LogP contribution in [0.15, 0.2) is 76.1 Å². The minimum atomic E-state index is -0.333. The summed E-state index contributed by atoms with van der Waals surface area (Å²) >= 11 is 6.01. The van der Waals surface area contributed by atoms with Gasteiger partial charge in [-0.2, -0.15) is 5.10 Å². The molecule has 0 saturated carbocycles. The summed E-state index contributed by atoms with van der Waals surface area (Å²) in [6.45, 7) is 1.87. The van der Waals surface area contributed by atoms with Gasteiger partial charge >= 0.3 is 5.69 Å². The third kappa shape index (κ3) is 3.72. The van der Waals surface area contributed by atoms with E-state index in [4.69, 9.17) is 16.0 Å². The van der Waals surface area contributed by atoms with Gasteiger partial charge in [0.1, 0.15) is 5.69 Å². The van der Waals surface area contributed by atoms with Crippen LogP contribution >= 0.6 is 11.6 Å². The lowest BCUT2D eigenvalue weighted by molar-refractivity contribution is 0.0934. The van der Waals surface area contributed by atoms with Gasteiger partial charge < -0.3 is 19.7 Å². The number of halogens is 1. The Morgan fingerprint density at radius 2 is 1.88 bits per heavy atom. The van der Waals surface area contributed by atoms with Gasteiger partial charge in [0.2, 0.25) is 0 Å². The van der Waals surface area contributed by atoms with Crippen LogP contribution in [0.1, 0.15) is 29.0 Å². The Bertz CT molecular complexity index is 1460. The second kappa shape index (κ2) is 7.90. The zero-order valence-electron chi connectivity index (χ0n) is 16.9. The standard InChI is InChI=1S/C23H18ClN5O3/c1-13(14-4-9-17-18(11-14)27-23(31)26-17)25-22(30)19-12-20(21-3-2-10-32-21)29(28-19)16-7-5-15(24)6-8-16/h2-13H,1H3,(H,25,30)(H2,26,27,31)/t13-/m0/s1. The van der Waals surface area contributed by atoms with Gasteiger partial charge in [0.25, 0.3) is 5.91 Å². The van der Waals surface area contributed by atoms with E-state index in [1.165, 1.54) is 0 Å². The molecule has 32 heavy (non-hydrogen) atoms. The minimum Gasteiger partial charge on any atom is -0.463 e. The first-order valence-electron chi connectivity index (χ1n) is 9.90. The lowest BCUT2D eigenvalue weighted by atomic mass is 10.1. The quantitative estimate of drug-likeness (QED) is 0.370. The molecule has 5 aromatic rings. The van der Waals surface area contributed by atoms with Gasteiger partial charge in [-0.15, -0.1) is 0 Å². The number of imidazole rings is 1. The average molecular weight is 448 g/mol. The summed E-state index contributed by atoms with van der Waals surface area (Å²) in [5, 5.41) is 8.08. The average Bonchev–Trinajstić information content (AvgIpc) is 3.52. The summed E-state index contributed by atoms with van der Waals surface area (Å²) in [5.74, 6) is 0.252. The van der Waals surface area contributed by atoms with Crippen LogP contribution in [0.3, 0.4) is 0 Å². The molecule has 1 amide bonds. The van der Waals surface area contributed by atoms with Gasteiger partial charge in [0.05, 0.1) is 29.0 Å². The highest BCUT2D eigenvalue weighted by Crippen LogP contribution is 2.26. The van der Waals surface area contributed by atoms with Crippen molar-refractivity contribution < 1.29 is 9.21 Å². The van der Waals surface area contributed by atoms with E-state index in [1.54, 1.807) is 47.3 Å². The Hall–Kier alpha value is -4.04. The highest BCUT2D eigenvalue weighted by molar-refractivity contribution is 6.30. The number of nitrogens with zero attached hydrogens (tertiary/aromatic N) is 2. The first kappa shape index (κ1) is 19.9. The number of fused-ring (bicyclic) bond motifs is 1. The normalized spacial score (nSPS) is 12.2. The molecule has 0 radical (unpaired) electrons. The maximum atomic E-state index is 13.0. The van der Waals surface area contributed by atoms with E-state index in [1.807, 2.05) is 31.2 Å². The van der Waals surface area contributed by atoms with Gasteiger partial charge in [0, 0.05) is 11.1 Å². The largest absolute Gasteiger partial charge is 0.463 e. The molecule has 160 valence electrons. The van der Waals surface area contributed by atoms with Crippen LogP contribution in [0.4, 0.5) is 0 Å². The fraction of sp³-hybridized carbons (Fsp3) is 0.0870. The molecule has 2 aromatic carbocycles. The SMILES string of the molecule is C[C@H](NC(=O)c1cc(-c2ccco2)n(-c2ccc(Cl)cc2)n1)c1ccc2[nH]c(=O)[nH]c2c1. The number of aromatic amines is 2. The molecule has 8 nitrogen and oxygen atoms in total. The van der Waals surface area contributed by atoms with Gasteiger partial charge in [-0.05, 0) is 61.0 Å². The molecule has 0 aliphatic heterocycles. The Morgan fingerprint density at radius 3 is 2.62 bits per heavy atom. The molecule has 0 aliphatic rings. The maximum absolute atomic E-state index is 13.0. The molecule has 1 atom stereocenters. The Labute approximate surface area is 186 Å². The number of carbonyl (C=O) groups is 1. The molecule has 0 unspecified atom stereocenters. The lowest BCUT2D eigenvalue weighted by Gasteiger charge is -2.13. The number of benzene rings is 2. The number of amides is 1. The zero-order chi connectivity index (χ0) is 22.2. The van der Waals surface area contributed by atoms with Crippen LogP contribution in [-0.2, 0) is 0 Å². The number of furan rings is 1. The second-order valence-corrected chi connectivity index (χ2v) is 7.80. The van der Waals surface area contributed by atoms with E-state index in [-0.39, 0.29) is 23.3 Å². The van der Waals surface area contributed by atoms with Crippen molar-refractivity contribution in [3.63, 3.8) is 0 Å². The molecule has 5 rings (SSSR count). The van der Waals surface area contributed by atoms with Crippen molar-refractivity contribution in [2.45, 2.75) is 13.0 Å². The smallest absolute Gasteiger partial charge is 0.323 e. The number of carbonyl (C=O) groups excluding carboxylic acids is 1. The molecular formula is C23H18ClN5O3. The Kier molecular flexibility index (Phi) is 4.91. The Morgan fingerprint density at radius 1 is 1.09 bits per heavy atom. The fourth-order valence-corrected chi connectivity index (χ4v) is 3.67. The van der Waals surface area contributed by atoms with E-state index in [2.05, 4.69) is 20.4 Å². The molecule has 0 spiro atoms. The maximum Gasteiger partial charge on any atom is 0.323 e. The predicted molar refractivity (Wildman–Crippen MR) is 121 cm³/mol. The lowest BCUT2D eigenvalue weighted by Crippen LogP contribution is -2.27. The summed E-state index contributed by atoms with van der Waals surface area (Å²) in [6.07, 6.45) is 1.57. The van der Waals surface area contributed by atoms with Gasteiger partial charge in [-0.3, -0.25) is 4.79 Å². The van der Waals surface area contributed by atoms with E-state index in [0.29, 0.717) is 27.5 Å². The summed E-state index contributed by atoms with van der Waals surface area (Å²) in [4.78, 5) is 29.9. The number of aromatic nitrogens is 4. The number of hydrogen-bond acceptors (Lipinski definition) is 4. The van der Waals surface area contributed by atoms with Crippen LogP contribution in [0, 0.1) is 0 Å². The number of rotatable bonds is 5. The van der Waals surface area contributed by atoms with Crippen LogP contribution in [-0.4, -0.2) is 25.7 Å². The predicted octanol–water partition coefficient (Wildman–Crippen LogP) is 4.45. The molecular weight excluding hydrogens is 430 g/mol. The van der Waals surface area contributed by atoms with Crippen molar-refractivity contribution in [2.24, 2.45) is 0 Å². The Balaban J connectivity index is 1.45. The third-order valence-electron chi connectivity index (χ3n) is 5.17. The van der Waals surface area contributed by atoms with E-state index in [0.717, 1.165) is 11.3 Å². The minimum absolute atomic E-state index is 0.245. The number of H-pyrrole nitrogens is 2. The first-order valence-corrected chi connectivity index (χ1v) is 10.3. The van der Waals surface area contributed by atoms with Crippen LogP contribution in [0.2, 0.25) is 5.02 Å². The summed E-state index contributed by atoms with van der Waals surface area (Å²) in [7, 11) is 0. The molecule has 0 bridgehead atoms. The molecule has 3 N–H and O–H groups in total. The molecule has 3 heterocycles. The number of hydrogen-bond donors (Lipinski definition) is 3. The first-order chi connectivity index (χ1) is 15.5. The van der Waals surface area contributed by atoms with Crippen LogP contribution < -0.4 is 11.0 Å². The van der Waals surface area contributed by atoms with Gasteiger partial charge in [-0.25, -0.2) is 9.48 Å². The second-order valence-electron chi connectivity index (χ2n) is 7.36. The molecule has 3 aromatic heterocycles. The van der Waals surface area contributed by atoms with Gasteiger partial charge in [0.15, 0.2) is 11.5 Å². The number of nitrogens with one attached hydrogen (secondary N) is 3. The fourth-order valence-electron chi connectivity index (χ4n) is 3.54. The van der Waals surface area contributed by atoms with Crippen LogP contribution in [0.25, 0.3) is 28.2 Å². The van der Waals surface area contributed by atoms with E-state index >= 15 is 0 Å². The van der Waals surface area contributed by atoms with Gasteiger partial charge in [-0.1, -0.05) is 17.7 Å². The van der Waals surface area contributed by atoms with Crippen molar-refractivity contribution >= 4 is 28.5 Å². The van der Waals surface area contributed by atoms with Crippen LogP contribution in [0.5, 0.6) is 0 Å². The van der Waals surface area contributed by atoms with E-state index in [9.17, 15) is 9.59 Å². The highest BCUT2D eigenvalue weighted by atomic mass is 35.5. The highest BCUT2D eigenvalue weighted by Gasteiger charge is 2.20. The molecule has 0 fully saturated rings. The monoisotopic (exact) mass is 447 g/mol. The van der Waals surface area contributed by atoms with Crippen molar-refractivity contribution in [3.05, 3.63) is 93.7 Å². The molecule has 0 aliphatic carbocycles. The summed E-state index contributed by atoms with van der Waals surface area (Å²) in [6, 6.07) is 17.6. The van der Waals surface area contributed by atoms with E-state index < -0.39 is 0 Å². The van der Waals surface area contributed by atoms with Crippen molar-refractivity contribution in [1.82, 2.24) is 25.1 Å². The summed E-state index contributed by atoms with van der Waals surface area (Å²) in [5.41, 5.74) is 3.60.